The third kappa shape index (κ3) is 3.06. The van der Waals surface area contributed by atoms with E-state index in [9.17, 15) is 8.78 Å². The zero-order valence-corrected chi connectivity index (χ0v) is 12.6. The quantitative estimate of drug-likeness (QED) is 0.843. The highest BCUT2D eigenvalue weighted by molar-refractivity contribution is 9.10. The molecule has 1 aliphatic heterocycles. The Labute approximate surface area is 119 Å². The van der Waals surface area contributed by atoms with Gasteiger partial charge in [0.05, 0.1) is 4.47 Å². The Morgan fingerprint density at radius 1 is 1.50 bits per heavy atom. The normalized spacial score (nSPS) is 21.2. The van der Waals surface area contributed by atoms with Gasteiger partial charge in [0.2, 0.25) is 0 Å². The molecule has 0 spiro atoms. The van der Waals surface area contributed by atoms with E-state index in [2.05, 4.69) is 21.2 Å². The van der Waals surface area contributed by atoms with Gasteiger partial charge in [0, 0.05) is 11.6 Å². The third-order valence-electron chi connectivity index (χ3n) is 3.47. The average Bonchev–Trinajstić information content (AvgIpc) is 2.88. The first-order valence-corrected chi connectivity index (χ1v) is 7.95. The van der Waals surface area contributed by atoms with Crippen LogP contribution in [0.3, 0.4) is 0 Å². The van der Waals surface area contributed by atoms with E-state index in [0.29, 0.717) is 16.8 Å². The predicted octanol–water partition coefficient (Wildman–Crippen LogP) is 3.61. The van der Waals surface area contributed by atoms with Gasteiger partial charge in [0.15, 0.2) is 0 Å². The van der Waals surface area contributed by atoms with Crippen LogP contribution in [-0.4, -0.2) is 24.6 Å². The van der Waals surface area contributed by atoms with Crippen LogP contribution in [0.1, 0.15) is 12.0 Å². The first-order chi connectivity index (χ1) is 8.63. The molecule has 1 N–H and O–H groups in total. The fourth-order valence-corrected chi connectivity index (χ4v) is 4.06. The lowest BCUT2D eigenvalue weighted by atomic mass is 9.92. The summed E-state index contributed by atoms with van der Waals surface area (Å²) in [6, 6.07) is 2.87. The van der Waals surface area contributed by atoms with Gasteiger partial charge in [0.25, 0.3) is 0 Å². The minimum atomic E-state index is -0.471. The molecule has 1 aromatic rings. The largest absolute Gasteiger partial charge is 0.316 e. The van der Waals surface area contributed by atoms with Gasteiger partial charge < -0.3 is 5.32 Å². The van der Waals surface area contributed by atoms with Crippen molar-refractivity contribution in [3.05, 3.63) is 33.8 Å². The SMILES string of the molecule is CNC(Cc1c(F)ccc(Br)c1F)C1CCSC1. The molecule has 1 heterocycles. The van der Waals surface area contributed by atoms with Gasteiger partial charge in [-0.25, -0.2) is 8.78 Å². The Balaban J connectivity index is 2.18. The van der Waals surface area contributed by atoms with Gasteiger partial charge in [-0.2, -0.15) is 11.8 Å². The van der Waals surface area contributed by atoms with Crippen LogP contribution in [0.5, 0.6) is 0 Å². The summed E-state index contributed by atoms with van der Waals surface area (Å²) in [5.74, 6) is 1.79. The maximum Gasteiger partial charge on any atom is 0.143 e. The van der Waals surface area contributed by atoms with E-state index < -0.39 is 11.6 Å². The minimum absolute atomic E-state index is 0.137. The molecule has 2 unspecified atom stereocenters. The second kappa shape index (κ2) is 6.35. The smallest absolute Gasteiger partial charge is 0.143 e. The first kappa shape index (κ1) is 14.3. The number of benzene rings is 1. The van der Waals surface area contributed by atoms with Crippen molar-refractivity contribution < 1.29 is 8.78 Å². The van der Waals surface area contributed by atoms with Gasteiger partial charge in [-0.3, -0.25) is 0 Å². The highest BCUT2D eigenvalue weighted by Crippen LogP contribution is 2.29. The number of hydrogen-bond acceptors (Lipinski definition) is 2. The van der Waals surface area contributed by atoms with Crippen LogP contribution in [0.15, 0.2) is 16.6 Å². The van der Waals surface area contributed by atoms with E-state index in [1.165, 1.54) is 12.1 Å². The maximum atomic E-state index is 13.9. The number of likely N-dealkylation sites (N-methyl/N-ethyl adjacent to an activating group) is 1. The zero-order chi connectivity index (χ0) is 13.1. The highest BCUT2D eigenvalue weighted by Gasteiger charge is 2.26. The van der Waals surface area contributed by atoms with Crippen molar-refractivity contribution in [2.45, 2.75) is 18.9 Å². The van der Waals surface area contributed by atoms with Crippen LogP contribution in [-0.2, 0) is 6.42 Å². The summed E-state index contributed by atoms with van der Waals surface area (Å²) in [5.41, 5.74) is 0.181. The van der Waals surface area contributed by atoms with Gasteiger partial charge in [-0.1, -0.05) is 0 Å². The third-order valence-corrected chi connectivity index (χ3v) is 5.27. The molecule has 2 atom stereocenters. The van der Waals surface area contributed by atoms with Crippen LogP contribution in [0.4, 0.5) is 8.78 Å². The minimum Gasteiger partial charge on any atom is -0.316 e. The molecule has 0 radical (unpaired) electrons. The number of rotatable bonds is 4. The van der Waals surface area contributed by atoms with Crippen LogP contribution < -0.4 is 5.32 Å². The molecule has 0 aromatic heterocycles. The van der Waals surface area contributed by atoms with Crippen molar-refractivity contribution >= 4 is 27.7 Å². The number of nitrogens with one attached hydrogen (secondary N) is 1. The molecule has 0 saturated carbocycles. The summed E-state index contributed by atoms with van der Waals surface area (Å²) in [4.78, 5) is 0. The van der Waals surface area contributed by atoms with E-state index in [1.807, 2.05) is 18.8 Å². The zero-order valence-electron chi connectivity index (χ0n) is 10.2. The van der Waals surface area contributed by atoms with E-state index in [1.54, 1.807) is 0 Å². The van der Waals surface area contributed by atoms with Crippen LogP contribution >= 0.6 is 27.7 Å². The Hall–Kier alpha value is -0.130. The fraction of sp³-hybridized carbons (Fsp3) is 0.538. The van der Waals surface area contributed by atoms with E-state index in [4.69, 9.17) is 0 Å². The van der Waals surface area contributed by atoms with Gasteiger partial charge in [-0.15, -0.1) is 0 Å². The molecular formula is C13H16BrF2NS. The molecule has 2 rings (SSSR count). The fourth-order valence-electron chi connectivity index (χ4n) is 2.35. The summed E-state index contributed by atoms with van der Waals surface area (Å²) >= 11 is 5.02. The molecule has 1 nitrogen and oxygen atoms in total. The summed E-state index contributed by atoms with van der Waals surface area (Å²) < 4.78 is 28.0. The van der Waals surface area contributed by atoms with E-state index >= 15 is 0 Å². The lowest BCUT2D eigenvalue weighted by Crippen LogP contribution is -2.36. The monoisotopic (exact) mass is 335 g/mol. The highest BCUT2D eigenvalue weighted by atomic mass is 79.9. The summed E-state index contributed by atoms with van der Waals surface area (Å²) in [7, 11) is 1.86. The first-order valence-electron chi connectivity index (χ1n) is 6.01. The topological polar surface area (TPSA) is 12.0 Å². The van der Waals surface area contributed by atoms with Crippen molar-refractivity contribution in [2.75, 3.05) is 18.6 Å². The van der Waals surface area contributed by atoms with Crippen molar-refractivity contribution in [3.8, 4) is 0 Å². The molecule has 1 saturated heterocycles. The molecule has 0 aliphatic carbocycles. The molecule has 0 amide bonds. The van der Waals surface area contributed by atoms with Crippen LogP contribution in [0.25, 0.3) is 0 Å². The number of halogens is 3. The van der Waals surface area contributed by atoms with Crippen molar-refractivity contribution in [1.29, 1.82) is 0 Å². The van der Waals surface area contributed by atoms with E-state index in [-0.39, 0.29) is 11.6 Å². The van der Waals surface area contributed by atoms with Crippen LogP contribution in [0, 0.1) is 17.6 Å². The molecule has 1 aliphatic rings. The van der Waals surface area contributed by atoms with E-state index in [0.717, 1.165) is 17.9 Å². The Morgan fingerprint density at radius 3 is 2.89 bits per heavy atom. The molecule has 0 bridgehead atoms. The number of thioether (sulfide) groups is 1. The average molecular weight is 336 g/mol. The van der Waals surface area contributed by atoms with Crippen molar-refractivity contribution in [2.24, 2.45) is 5.92 Å². The number of hydrogen-bond donors (Lipinski definition) is 1. The molecule has 18 heavy (non-hydrogen) atoms. The summed E-state index contributed by atoms with van der Waals surface area (Å²) in [6.45, 7) is 0. The lowest BCUT2D eigenvalue weighted by Gasteiger charge is -2.23. The molecule has 5 heteroatoms. The van der Waals surface area contributed by atoms with Crippen molar-refractivity contribution in [1.82, 2.24) is 5.32 Å². The van der Waals surface area contributed by atoms with Crippen LogP contribution in [0.2, 0.25) is 0 Å². The second-order valence-electron chi connectivity index (χ2n) is 4.54. The van der Waals surface area contributed by atoms with Gasteiger partial charge >= 0.3 is 0 Å². The van der Waals surface area contributed by atoms with Gasteiger partial charge in [0.1, 0.15) is 11.6 Å². The standard InChI is InChI=1S/C13H16BrF2NS/c1-17-12(8-4-5-18-7-8)6-9-11(15)3-2-10(14)13(9)16/h2-3,8,12,17H,4-7H2,1H3. The molecule has 1 fully saturated rings. The second-order valence-corrected chi connectivity index (χ2v) is 6.55. The molecular weight excluding hydrogens is 320 g/mol. The molecule has 1 aromatic carbocycles. The molecule has 100 valence electrons. The maximum absolute atomic E-state index is 13.9. The Morgan fingerprint density at radius 2 is 2.28 bits per heavy atom. The van der Waals surface area contributed by atoms with Crippen molar-refractivity contribution in [3.63, 3.8) is 0 Å². The lowest BCUT2D eigenvalue weighted by molar-refractivity contribution is 0.392. The Bertz CT molecular complexity index is 422. The van der Waals surface area contributed by atoms with Gasteiger partial charge in [-0.05, 0) is 65.4 Å². The Kier molecular flexibility index (Phi) is 5.04. The summed E-state index contributed by atoms with van der Waals surface area (Å²) in [5, 5.41) is 3.20. The predicted molar refractivity (Wildman–Crippen MR) is 76.0 cm³/mol. The summed E-state index contributed by atoms with van der Waals surface area (Å²) in [6.07, 6.45) is 1.52.